The highest BCUT2D eigenvalue weighted by Crippen LogP contribution is 2.54. The number of rotatable bonds is 5. The molecule has 3 N–H and O–H groups in total. The highest BCUT2D eigenvalue weighted by atomic mass is 16.2. The first-order valence-electron chi connectivity index (χ1n) is 6.29. The zero-order valence-electron chi connectivity index (χ0n) is 9.11. The lowest BCUT2D eigenvalue weighted by atomic mass is 10.2. The second-order valence-electron chi connectivity index (χ2n) is 5.59. The van der Waals surface area contributed by atoms with E-state index in [-0.39, 0.29) is 11.9 Å². The monoisotopic (exact) mass is 208 g/mol. The van der Waals surface area contributed by atoms with Crippen LogP contribution in [0.25, 0.3) is 0 Å². The molecule has 0 heterocycles. The Bertz CT molecular complexity index is 271. The molecule has 0 aromatic heterocycles. The van der Waals surface area contributed by atoms with Gasteiger partial charge in [-0.2, -0.15) is 0 Å². The van der Waals surface area contributed by atoms with E-state index in [4.69, 9.17) is 5.73 Å². The third-order valence-corrected chi connectivity index (χ3v) is 4.14. The molecule has 0 radical (unpaired) electrons. The van der Waals surface area contributed by atoms with Crippen molar-refractivity contribution in [2.45, 2.75) is 38.1 Å². The van der Waals surface area contributed by atoms with Crippen LogP contribution in [0, 0.1) is 23.7 Å². The fourth-order valence-electron chi connectivity index (χ4n) is 2.60. The van der Waals surface area contributed by atoms with E-state index in [9.17, 15) is 4.79 Å². The van der Waals surface area contributed by atoms with Crippen LogP contribution in [0.1, 0.15) is 32.1 Å². The van der Waals surface area contributed by atoms with E-state index < -0.39 is 0 Å². The standard InChI is InChI=1S/C12H20N2O/c13-11(8-3-4-8)6-14-12(15)10-5-9(10)7-1-2-7/h7-11H,1-6,13H2,(H,14,15). The normalized spacial score (nSPS) is 36.1. The predicted octanol–water partition coefficient (Wildman–Crippen LogP) is 0.886. The van der Waals surface area contributed by atoms with Gasteiger partial charge in [0.05, 0.1) is 0 Å². The molecule has 0 spiro atoms. The summed E-state index contributed by atoms with van der Waals surface area (Å²) in [5, 5.41) is 3.01. The first-order valence-corrected chi connectivity index (χ1v) is 6.29. The van der Waals surface area contributed by atoms with Crippen molar-refractivity contribution in [1.82, 2.24) is 5.32 Å². The molecule has 84 valence electrons. The van der Waals surface area contributed by atoms with Crippen LogP contribution in [0.15, 0.2) is 0 Å². The predicted molar refractivity (Wildman–Crippen MR) is 58.0 cm³/mol. The molecule has 0 saturated heterocycles. The molecule has 3 aliphatic carbocycles. The van der Waals surface area contributed by atoms with Gasteiger partial charge in [-0.05, 0) is 49.9 Å². The van der Waals surface area contributed by atoms with Crippen LogP contribution < -0.4 is 11.1 Å². The van der Waals surface area contributed by atoms with Crippen LogP contribution in [0.3, 0.4) is 0 Å². The molecule has 3 rings (SSSR count). The topological polar surface area (TPSA) is 55.1 Å². The van der Waals surface area contributed by atoms with Crippen molar-refractivity contribution in [3.8, 4) is 0 Å². The Balaban J connectivity index is 1.38. The maximum absolute atomic E-state index is 11.7. The van der Waals surface area contributed by atoms with E-state index in [1.165, 1.54) is 25.7 Å². The van der Waals surface area contributed by atoms with Gasteiger partial charge in [-0.3, -0.25) is 4.79 Å². The molecular formula is C12H20N2O. The average Bonchev–Trinajstić information content (AvgIpc) is 3.08. The number of nitrogens with two attached hydrogens (primary N) is 1. The third-order valence-electron chi connectivity index (χ3n) is 4.14. The Labute approximate surface area is 90.8 Å². The Morgan fingerprint density at radius 3 is 2.67 bits per heavy atom. The minimum absolute atomic E-state index is 0.201. The number of carbonyl (C=O) groups is 1. The summed E-state index contributed by atoms with van der Waals surface area (Å²) in [5.41, 5.74) is 5.94. The maximum atomic E-state index is 11.7. The summed E-state index contributed by atoms with van der Waals surface area (Å²) in [5.74, 6) is 2.90. The van der Waals surface area contributed by atoms with Gasteiger partial charge in [0.2, 0.25) is 5.91 Å². The van der Waals surface area contributed by atoms with Crippen molar-refractivity contribution < 1.29 is 4.79 Å². The molecule has 3 nitrogen and oxygen atoms in total. The Morgan fingerprint density at radius 2 is 2.07 bits per heavy atom. The first kappa shape index (κ1) is 9.64. The zero-order valence-corrected chi connectivity index (χ0v) is 9.11. The largest absolute Gasteiger partial charge is 0.354 e. The summed E-state index contributed by atoms with van der Waals surface area (Å²) >= 11 is 0. The van der Waals surface area contributed by atoms with Crippen LogP contribution in [0.5, 0.6) is 0 Å². The van der Waals surface area contributed by atoms with Crippen LogP contribution in [0.4, 0.5) is 0 Å². The molecule has 0 aliphatic heterocycles. The summed E-state index contributed by atoms with van der Waals surface area (Å²) in [7, 11) is 0. The summed E-state index contributed by atoms with van der Waals surface area (Å²) in [6.45, 7) is 0.692. The maximum Gasteiger partial charge on any atom is 0.223 e. The Kier molecular flexibility index (Phi) is 2.23. The Hall–Kier alpha value is -0.570. The summed E-state index contributed by atoms with van der Waals surface area (Å²) in [6, 6.07) is 0.201. The highest BCUT2D eigenvalue weighted by Gasteiger charge is 2.51. The van der Waals surface area contributed by atoms with Gasteiger partial charge in [0, 0.05) is 18.5 Å². The lowest BCUT2D eigenvalue weighted by Crippen LogP contribution is -2.39. The molecule has 3 unspecified atom stereocenters. The van der Waals surface area contributed by atoms with E-state index in [1.807, 2.05) is 0 Å². The van der Waals surface area contributed by atoms with Crippen molar-refractivity contribution in [3.05, 3.63) is 0 Å². The fraction of sp³-hybridized carbons (Fsp3) is 0.917. The SMILES string of the molecule is NC(CNC(=O)C1CC1C1CC1)C1CC1. The molecule has 1 amide bonds. The van der Waals surface area contributed by atoms with Gasteiger partial charge in [0.25, 0.3) is 0 Å². The first-order chi connectivity index (χ1) is 7.25. The molecule has 3 saturated carbocycles. The minimum atomic E-state index is 0.201. The molecule has 0 bridgehead atoms. The van der Waals surface area contributed by atoms with Gasteiger partial charge < -0.3 is 11.1 Å². The van der Waals surface area contributed by atoms with Crippen molar-refractivity contribution >= 4 is 5.91 Å². The molecule has 3 heteroatoms. The lowest BCUT2D eigenvalue weighted by molar-refractivity contribution is -0.122. The van der Waals surface area contributed by atoms with Crippen LogP contribution in [0.2, 0.25) is 0 Å². The molecule has 0 aromatic rings. The molecular weight excluding hydrogens is 188 g/mol. The van der Waals surface area contributed by atoms with Crippen LogP contribution in [-0.2, 0) is 4.79 Å². The van der Waals surface area contributed by atoms with E-state index >= 15 is 0 Å². The average molecular weight is 208 g/mol. The number of hydrogen-bond acceptors (Lipinski definition) is 2. The Morgan fingerprint density at radius 1 is 1.33 bits per heavy atom. The second kappa shape index (κ2) is 3.48. The van der Waals surface area contributed by atoms with Crippen molar-refractivity contribution in [2.75, 3.05) is 6.54 Å². The number of amides is 1. The van der Waals surface area contributed by atoms with Gasteiger partial charge in [-0.1, -0.05) is 0 Å². The van der Waals surface area contributed by atoms with E-state index in [1.54, 1.807) is 0 Å². The van der Waals surface area contributed by atoms with Crippen molar-refractivity contribution in [3.63, 3.8) is 0 Å². The quantitative estimate of drug-likeness (QED) is 0.705. The van der Waals surface area contributed by atoms with E-state index in [0.29, 0.717) is 18.4 Å². The molecule has 15 heavy (non-hydrogen) atoms. The van der Waals surface area contributed by atoms with E-state index in [2.05, 4.69) is 5.32 Å². The van der Waals surface area contributed by atoms with Gasteiger partial charge in [-0.25, -0.2) is 0 Å². The molecule has 3 aliphatic rings. The fourth-order valence-corrected chi connectivity index (χ4v) is 2.60. The number of nitrogens with one attached hydrogen (secondary N) is 1. The van der Waals surface area contributed by atoms with E-state index in [0.717, 1.165) is 18.3 Å². The van der Waals surface area contributed by atoms with Crippen molar-refractivity contribution in [2.24, 2.45) is 29.4 Å². The third kappa shape index (κ3) is 2.17. The number of hydrogen-bond donors (Lipinski definition) is 2. The molecule has 3 fully saturated rings. The summed E-state index contributed by atoms with van der Waals surface area (Å²) in [6.07, 6.45) is 6.36. The van der Waals surface area contributed by atoms with Gasteiger partial charge in [-0.15, -0.1) is 0 Å². The minimum Gasteiger partial charge on any atom is -0.354 e. The van der Waals surface area contributed by atoms with Crippen LogP contribution >= 0.6 is 0 Å². The summed E-state index contributed by atoms with van der Waals surface area (Å²) < 4.78 is 0. The molecule has 3 atom stereocenters. The zero-order chi connectivity index (χ0) is 10.4. The lowest BCUT2D eigenvalue weighted by Gasteiger charge is -2.11. The van der Waals surface area contributed by atoms with Gasteiger partial charge in [0.15, 0.2) is 0 Å². The summed E-state index contributed by atoms with van der Waals surface area (Å²) in [4.78, 5) is 11.7. The molecule has 0 aromatic carbocycles. The highest BCUT2D eigenvalue weighted by molar-refractivity contribution is 5.81. The van der Waals surface area contributed by atoms with Crippen LogP contribution in [-0.4, -0.2) is 18.5 Å². The second-order valence-corrected chi connectivity index (χ2v) is 5.59. The number of carbonyl (C=O) groups excluding carboxylic acids is 1. The van der Waals surface area contributed by atoms with Gasteiger partial charge in [0.1, 0.15) is 0 Å². The van der Waals surface area contributed by atoms with Crippen molar-refractivity contribution in [1.29, 1.82) is 0 Å². The smallest absolute Gasteiger partial charge is 0.223 e. The van der Waals surface area contributed by atoms with Gasteiger partial charge >= 0.3 is 0 Å².